The summed E-state index contributed by atoms with van der Waals surface area (Å²) >= 11 is 0.674. The van der Waals surface area contributed by atoms with Crippen LogP contribution in [0.25, 0.3) is 0 Å². The van der Waals surface area contributed by atoms with Gasteiger partial charge in [-0.1, -0.05) is 24.3 Å². The molecule has 33 heavy (non-hydrogen) atoms. The third kappa shape index (κ3) is 6.39. The zero-order valence-electron chi connectivity index (χ0n) is 18.1. The van der Waals surface area contributed by atoms with Crippen LogP contribution in [0.2, 0.25) is 0 Å². The number of benzene rings is 1. The second-order valence-electron chi connectivity index (χ2n) is 8.63. The summed E-state index contributed by atoms with van der Waals surface area (Å²) in [4.78, 5) is 12.8. The van der Waals surface area contributed by atoms with Crippen LogP contribution in [0.3, 0.4) is 0 Å². The van der Waals surface area contributed by atoms with Crippen LogP contribution in [-0.4, -0.2) is 39.2 Å². The van der Waals surface area contributed by atoms with E-state index in [2.05, 4.69) is 10.6 Å². The number of carbonyl (C=O) groups excluding carboxylic acids is 1. The molecule has 1 saturated heterocycles. The smallest absolute Gasteiger partial charge is 0.279 e. The van der Waals surface area contributed by atoms with Crippen molar-refractivity contribution in [1.82, 2.24) is 10.6 Å². The lowest BCUT2D eigenvalue weighted by atomic mass is 10.1. The molecule has 2 aliphatic rings. The van der Waals surface area contributed by atoms with Gasteiger partial charge in [0, 0.05) is 31.5 Å². The number of alkyl halides is 2. The largest absolute Gasteiger partial charge is 0.456 e. The highest BCUT2D eigenvalue weighted by Crippen LogP contribution is 2.41. The summed E-state index contributed by atoms with van der Waals surface area (Å²) in [5.41, 5.74) is 0. The van der Waals surface area contributed by atoms with Crippen molar-refractivity contribution >= 4 is 27.1 Å². The predicted molar refractivity (Wildman–Crippen MR) is 124 cm³/mol. The standard InChI is InChI=1S/C23H26F2N2O4S2/c1-23(24,25)20-11-19(31-17-5-3-2-4-6-17)21(32-20)22(28)27-18(16-7-8-16)9-10-33(29,30)14-15-12-26-13-15/h2-6,9-11,15-16,18,26H,7-8,12-14H2,1H3,(H,27,28)/b10-9+/t18-/m1/s1. The Morgan fingerprint density at radius 3 is 2.58 bits per heavy atom. The third-order valence-corrected chi connectivity index (χ3v) is 8.36. The molecule has 10 heteroatoms. The third-order valence-electron chi connectivity index (χ3n) is 5.56. The summed E-state index contributed by atoms with van der Waals surface area (Å²) in [5, 5.41) is 7.05. The molecule has 0 spiro atoms. The Bertz CT molecular complexity index is 1120. The van der Waals surface area contributed by atoms with Crippen LogP contribution in [0, 0.1) is 11.8 Å². The maximum atomic E-state index is 14.0. The highest BCUT2D eigenvalue weighted by atomic mass is 32.2. The van der Waals surface area contributed by atoms with Crippen LogP contribution >= 0.6 is 11.3 Å². The van der Waals surface area contributed by atoms with Gasteiger partial charge in [0.25, 0.3) is 11.8 Å². The lowest BCUT2D eigenvalue weighted by molar-refractivity contribution is 0.0214. The summed E-state index contributed by atoms with van der Waals surface area (Å²) in [6, 6.07) is 9.30. The van der Waals surface area contributed by atoms with Crippen molar-refractivity contribution in [3.8, 4) is 11.5 Å². The fourth-order valence-electron chi connectivity index (χ4n) is 3.49. The van der Waals surface area contributed by atoms with Gasteiger partial charge in [-0.05, 0) is 36.8 Å². The molecule has 0 bridgehead atoms. The van der Waals surface area contributed by atoms with E-state index in [4.69, 9.17) is 4.74 Å². The highest BCUT2D eigenvalue weighted by Gasteiger charge is 2.35. The molecule has 2 N–H and O–H groups in total. The Morgan fingerprint density at radius 2 is 2.00 bits per heavy atom. The van der Waals surface area contributed by atoms with Gasteiger partial charge in [-0.3, -0.25) is 4.79 Å². The predicted octanol–water partition coefficient (Wildman–Crippen LogP) is 4.31. The van der Waals surface area contributed by atoms with Crippen molar-refractivity contribution in [3.63, 3.8) is 0 Å². The molecule has 1 aromatic carbocycles. The van der Waals surface area contributed by atoms with Crippen LogP contribution in [0.15, 0.2) is 47.9 Å². The molecule has 1 amide bonds. The van der Waals surface area contributed by atoms with E-state index in [1.165, 1.54) is 17.6 Å². The minimum absolute atomic E-state index is 0.0258. The van der Waals surface area contributed by atoms with Crippen molar-refractivity contribution in [1.29, 1.82) is 0 Å². The number of hydrogen-bond donors (Lipinski definition) is 2. The maximum Gasteiger partial charge on any atom is 0.279 e. The molecule has 0 radical (unpaired) electrons. The first-order valence-electron chi connectivity index (χ1n) is 10.8. The average molecular weight is 497 g/mol. The van der Waals surface area contributed by atoms with Gasteiger partial charge in [0.2, 0.25) is 0 Å². The minimum atomic E-state index is -3.40. The number of nitrogens with one attached hydrogen (secondary N) is 2. The van der Waals surface area contributed by atoms with Crippen molar-refractivity contribution in [2.75, 3.05) is 18.8 Å². The average Bonchev–Trinajstić information content (AvgIpc) is 3.47. The number of hydrogen-bond acceptors (Lipinski definition) is 6. The zero-order valence-corrected chi connectivity index (χ0v) is 19.7. The van der Waals surface area contributed by atoms with Crippen LogP contribution in [0.5, 0.6) is 11.5 Å². The Morgan fingerprint density at radius 1 is 1.30 bits per heavy atom. The van der Waals surface area contributed by atoms with E-state index >= 15 is 0 Å². The summed E-state index contributed by atoms with van der Waals surface area (Å²) in [6.07, 6.45) is 3.23. The number of ether oxygens (including phenoxy) is 1. The molecule has 0 unspecified atom stereocenters. The van der Waals surface area contributed by atoms with Crippen molar-refractivity contribution in [2.45, 2.75) is 31.7 Å². The quantitative estimate of drug-likeness (QED) is 0.512. The van der Waals surface area contributed by atoms with E-state index in [1.54, 1.807) is 30.3 Å². The lowest BCUT2D eigenvalue weighted by Crippen LogP contribution is -2.45. The SMILES string of the molecule is CC(F)(F)c1cc(Oc2ccccc2)c(C(=O)N[C@H](/C=C/S(=O)(=O)CC2CNC2)C2CC2)s1. The number of para-hydroxylation sites is 1. The van der Waals surface area contributed by atoms with E-state index in [9.17, 15) is 22.0 Å². The number of carbonyl (C=O) groups is 1. The van der Waals surface area contributed by atoms with Crippen LogP contribution in [0.1, 0.15) is 34.3 Å². The van der Waals surface area contributed by atoms with Crippen LogP contribution in [-0.2, 0) is 15.8 Å². The Balaban J connectivity index is 1.53. The first-order chi connectivity index (χ1) is 15.6. The van der Waals surface area contributed by atoms with Gasteiger partial charge < -0.3 is 15.4 Å². The molecule has 2 heterocycles. The molecule has 1 saturated carbocycles. The van der Waals surface area contributed by atoms with Crippen molar-refractivity contribution in [2.24, 2.45) is 11.8 Å². The molecule has 1 aliphatic heterocycles. The number of halogens is 2. The van der Waals surface area contributed by atoms with Crippen LogP contribution in [0.4, 0.5) is 8.78 Å². The topological polar surface area (TPSA) is 84.5 Å². The van der Waals surface area contributed by atoms with Crippen LogP contribution < -0.4 is 15.4 Å². The van der Waals surface area contributed by atoms with E-state index in [0.717, 1.165) is 19.8 Å². The highest BCUT2D eigenvalue weighted by molar-refractivity contribution is 7.94. The molecular weight excluding hydrogens is 470 g/mol. The number of rotatable bonds is 10. The first kappa shape index (κ1) is 23.8. The van der Waals surface area contributed by atoms with Crippen molar-refractivity contribution < 1.29 is 26.7 Å². The maximum absolute atomic E-state index is 14.0. The van der Waals surface area contributed by atoms with Gasteiger partial charge >= 0.3 is 0 Å². The van der Waals surface area contributed by atoms with Gasteiger partial charge in [-0.15, -0.1) is 11.3 Å². The van der Waals surface area contributed by atoms with Gasteiger partial charge in [0.15, 0.2) is 15.6 Å². The summed E-state index contributed by atoms with van der Waals surface area (Å²) in [5.74, 6) is -2.93. The molecule has 4 rings (SSSR count). The van der Waals surface area contributed by atoms with E-state index in [-0.39, 0.29) is 33.1 Å². The summed E-state index contributed by atoms with van der Waals surface area (Å²) in [7, 11) is -3.40. The molecule has 6 nitrogen and oxygen atoms in total. The lowest BCUT2D eigenvalue weighted by Gasteiger charge is -2.26. The molecule has 1 aromatic heterocycles. The molecule has 1 aliphatic carbocycles. The van der Waals surface area contributed by atoms with E-state index in [1.807, 2.05) is 0 Å². The Labute approximate surface area is 196 Å². The first-order valence-corrected chi connectivity index (χ1v) is 13.3. The van der Waals surface area contributed by atoms with Gasteiger partial charge in [0.1, 0.15) is 10.6 Å². The normalized spacial score (nSPS) is 18.2. The number of sulfone groups is 1. The van der Waals surface area contributed by atoms with Crippen molar-refractivity contribution in [3.05, 3.63) is 57.6 Å². The van der Waals surface area contributed by atoms with Gasteiger partial charge in [0.05, 0.1) is 16.7 Å². The number of thiophene rings is 1. The fraction of sp³-hybridized carbons (Fsp3) is 0.435. The second kappa shape index (κ2) is 9.52. The molecular formula is C23H26F2N2O4S2. The molecule has 2 aromatic rings. The summed E-state index contributed by atoms with van der Waals surface area (Å²) in [6.45, 7) is 2.14. The van der Waals surface area contributed by atoms with Gasteiger partial charge in [-0.2, -0.15) is 0 Å². The summed E-state index contributed by atoms with van der Waals surface area (Å²) < 4.78 is 58.5. The van der Waals surface area contributed by atoms with E-state index in [0.29, 0.717) is 30.2 Å². The zero-order chi connectivity index (χ0) is 23.6. The number of amides is 1. The molecule has 178 valence electrons. The minimum Gasteiger partial charge on any atom is -0.456 e. The van der Waals surface area contributed by atoms with Gasteiger partial charge in [-0.25, -0.2) is 17.2 Å². The molecule has 1 atom stereocenters. The fourth-order valence-corrected chi connectivity index (χ4v) is 5.82. The van der Waals surface area contributed by atoms with E-state index < -0.39 is 27.7 Å². The monoisotopic (exact) mass is 496 g/mol. The second-order valence-corrected chi connectivity index (χ2v) is 11.6. The Kier molecular flexibility index (Phi) is 6.88. The molecule has 2 fully saturated rings. The Hall–Kier alpha value is -2.30.